The zero-order chi connectivity index (χ0) is 12.6. The fraction of sp³-hybridized carbons (Fsp3) is 0.700. The molecule has 94 valence electrons. The molecule has 0 bridgehead atoms. The molecule has 1 spiro atoms. The summed E-state index contributed by atoms with van der Waals surface area (Å²) < 4.78 is 0. The van der Waals surface area contributed by atoms with Crippen LogP contribution in [-0.2, 0) is 9.59 Å². The number of nitrogens with zero attached hydrogens (tertiary/aromatic N) is 1. The summed E-state index contributed by atoms with van der Waals surface area (Å²) in [6.07, 6.45) is 0.709. The molecule has 0 saturated carbocycles. The monoisotopic (exact) mass is 240 g/mol. The van der Waals surface area contributed by atoms with E-state index in [0.29, 0.717) is 13.0 Å². The number of urea groups is 1. The Labute approximate surface area is 98.7 Å². The first-order valence-electron chi connectivity index (χ1n) is 5.60. The van der Waals surface area contributed by atoms with E-state index in [1.807, 2.05) is 0 Å². The Morgan fingerprint density at radius 1 is 1.59 bits per heavy atom. The lowest BCUT2D eigenvalue weighted by molar-refractivity contribution is -0.131. The highest BCUT2D eigenvalue weighted by molar-refractivity contribution is 6.07. The van der Waals surface area contributed by atoms with Gasteiger partial charge in [0.2, 0.25) is 5.91 Å². The molecule has 2 atom stereocenters. The quantitative estimate of drug-likeness (QED) is 0.513. The number of hydrogen-bond acceptors (Lipinski definition) is 4. The van der Waals surface area contributed by atoms with Gasteiger partial charge in [-0.15, -0.1) is 0 Å². The molecule has 0 aliphatic carbocycles. The predicted octanol–water partition coefficient (Wildman–Crippen LogP) is -1.47. The molecule has 2 fully saturated rings. The third-order valence-corrected chi connectivity index (χ3v) is 3.13. The van der Waals surface area contributed by atoms with Crippen LogP contribution in [-0.4, -0.2) is 47.4 Å². The largest absolute Gasteiger partial charge is 0.340 e. The van der Waals surface area contributed by atoms with E-state index in [-0.39, 0.29) is 30.8 Å². The smallest absolute Gasteiger partial charge is 0.322 e. The number of likely N-dealkylation sites (tertiary alicyclic amines) is 1. The summed E-state index contributed by atoms with van der Waals surface area (Å²) in [5, 5.41) is 4.79. The topological polar surface area (TPSA) is 105 Å². The van der Waals surface area contributed by atoms with Gasteiger partial charge in [0.05, 0.1) is 6.54 Å². The second-order valence-electron chi connectivity index (χ2n) is 4.74. The molecular formula is C10H16N4O3. The van der Waals surface area contributed by atoms with Crippen molar-refractivity contribution in [3.05, 3.63) is 0 Å². The first-order chi connectivity index (χ1) is 7.93. The van der Waals surface area contributed by atoms with Crippen molar-refractivity contribution < 1.29 is 14.4 Å². The van der Waals surface area contributed by atoms with Crippen molar-refractivity contribution in [1.29, 1.82) is 0 Å². The maximum absolute atomic E-state index is 11.8. The molecule has 2 heterocycles. The molecule has 2 unspecified atom stereocenters. The van der Waals surface area contributed by atoms with Crippen LogP contribution in [0.2, 0.25) is 0 Å². The van der Waals surface area contributed by atoms with Gasteiger partial charge in [0.15, 0.2) is 0 Å². The fourth-order valence-corrected chi connectivity index (χ4v) is 2.24. The Balaban J connectivity index is 2.02. The first kappa shape index (κ1) is 11.8. The number of nitrogens with two attached hydrogens (primary N) is 1. The van der Waals surface area contributed by atoms with Gasteiger partial charge in [-0.2, -0.15) is 0 Å². The second-order valence-corrected chi connectivity index (χ2v) is 4.74. The van der Waals surface area contributed by atoms with Gasteiger partial charge in [0.25, 0.3) is 5.91 Å². The van der Waals surface area contributed by atoms with Crippen LogP contribution in [0.3, 0.4) is 0 Å². The van der Waals surface area contributed by atoms with Crippen LogP contribution < -0.4 is 16.4 Å². The molecule has 2 aliphatic rings. The van der Waals surface area contributed by atoms with Gasteiger partial charge in [-0.1, -0.05) is 0 Å². The number of rotatable bonds is 2. The lowest BCUT2D eigenvalue weighted by atomic mass is 9.99. The molecule has 17 heavy (non-hydrogen) atoms. The molecule has 0 aromatic heterocycles. The van der Waals surface area contributed by atoms with E-state index in [4.69, 9.17) is 5.73 Å². The molecule has 2 aliphatic heterocycles. The minimum Gasteiger partial charge on any atom is -0.340 e. The van der Waals surface area contributed by atoms with Crippen molar-refractivity contribution in [1.82, 2.24) is 15.5 Å². The molecule has 0 radical (unpaired) electrons. The molecule has 0 aromatic rings. The number of hydrogen-bond donors (Lipinski definition) is 3. The molecule has 7 heteroatoms. The predicted molar refractivity (Wildman–Crippen MR) is 58.9 cm³/mol. The van der Waals surface area contributed by atoms with E-state index in [1.54, 1.807) is 11.8 Å². The molecule has 2 rings (SSSR count). The van der Waals surface area contributed by atoms with Crippen LogP contribution in [0.5, 0.6) is 0 Å². The molecule has 4 N–H and O–H groups in total. The fourth-order valence-electron chi connectivity index (χ4n) is 2.24. The summed E-state index contributed by atoms with van der Waals surface area (Å²) in [7, 11) is 0. The van der Waals surface area contributed by atoms with Gasteiger partial charge < -0.3 is 16.0 Å². The Morgan fingerprint density at radius 2 is 2.29 bits per heavy atom. The van der Waals surface area contributed by atoms with Crippen molar-refractivity contribution >= 4 is 17.8 Å². The third kappa shape index (κ3) is 2.10. The molecule has 2 saturated heterocycles. The zero-order valence-electron chi connectivity index (χ0n) is 9.66. The van der Waals surface area contributed by atoms with E-state index in [9.17, 15) is 14.4 Å². The minimum atomic E-state index is -0.926. The van der Waals surface area contributed by atoms with E-state index in [0.717, 1.165) is 0 Å². The van der Waals surface area contributed by atoms with Crippen LogP contribution >= 0.6 is 0 Å². The van der Waals surface area contributed by atoms with E-state index in [1.165, 1.54) is 0 Å². The van der Waals surface area contributed by atoms with E-state index in [2.05, 4.69) is 10.6 Å². The van der Waals surface area contributed by atoms with Crippen LogP contribution in [0.15, 0.2) is 0 Å². The van der Waals surface area contributed by atoms with Gasteiger partial charge in [0.1, 0.15) is 5.54 Å². The summed E-state index contributed by atoms with van der Waals surface area (Å²) in [6.45, 7) is 2.46. The van der Waals surface area contributed by atoms with Crippen LogP contribution in [0, 0.1) is 0 Å². The lowest BCUT2D eigenvalue weighted by Gasteiger charge is -2.21. The summed E-state index contributed by atoms with van der Waals surface area (Å²) in [6, 6.07) is -0.692. The highest BCUT2D eigenvalue weighted by Crippen LogP contribution is 2.25. The first-order valence-corrected chi connectivity index (χ1v) is 5.60. The lowest BCUT2D eigenvalue weighted by Crippen LogP contribution is -2.49. The standard InChI is InChI=1S/C10H16N4O3/c1-6(11)4-7(15)14-3-2-10(5-14)8(16)12-9(17)13-10/h6H,2-5,11H2,1H3,(H2,12,13,16,17). The van der Waals surface area contributed by atoms with Crippen molar-refractivity contribution in [2.45, 2.75) is 31.3 Å². The molecule has 0 aromatic carbocycles. The molecular weight excluding hydrogens is 224 g/mol. The van der Waals surface area contributed by atoms with Gasteiger partial charge in [-0.25, -0.2) is 4.79 Å². The number of amides is 4. The second kappa shape index (κ2) is 3.99. The van der Waals surface area contributed by atoms with Crippen molar-refractivity contribution in [3.8, 4) is 0 Å². The number of carbonyl (C=O) groups excluding carboxylic acids is 3. The highest BCUT2D eigenvalue weighted by atomic mass is 16.2. The Bertz CT molecular complexity index is 382. The van der Waals surface area contributed by atoms with E-state index >= 15 is 0 Å². The Morgan fingerprint density at radius 3 is 2.82 bits per heavy atom. The van der Waals surface area contributed by atoms with Gasteiger partial charge in [-0.3, -0.25) is 14.9 Å². The van der Waals surface area contributed by atoms with Gasteiger partial charge >= 0.3 is 6.03 Å². The zero-order valence-corrected chi connectivity index (χ0v) is 9.66. The van der Waals surface area contributed by atoms with E-state index < -0.39 is 11.6 Å². The average Bonchev–Trinajstić information content (AvgIpc) is 2.72. The number of imide groups is 1. The van der Waals surface area contributed by atoms with Crippen molar-refractivity contribution in [3.63, 3.8) is 0 Å². The Hall–Kier alpha value is -1.63. The molecule has 7 nitrogen and oxygen atoms in total. The summed E-state index contributed by atoms with van der Waals surface area (Å²) in [5.41, 5.74) is 4.63. The summed E-state index contributed by atoms with van der Waals surface area (Å²) >= 11 is 0. The van der Waals surface area contributed by atoms with Crippen LogP contribution in [0.1, 0.15) is 19.8 Å². The highest BCUT2D eigenvalue weighted by Gasteiger charge is 2.51. The SMILES string of the molecule is CC(N)CC(=O)N1CCC2(C1)NC(=O)NC2=O. The maximum Gasteiger partial charge on any atom is 0.322 e. The summed E-state index contributed by atoms with van der Waals surface area (Å²) in [4.78, 5) is 36.1. The van der Waals surface area contributed by atoms with Crippen LogP contribution in [0.4, 0.5) is 4.79 Å². The van der Waals surface area contributed by atoms with Crippen LogP contribution in [0.25, 0.3) is 0 Å². The number of carbonyl (C=O) groups is 3. The normalized spacial score (nSPS) is 29.4. The van der Waals surface area contributed by atoms with Crippen molar-refractivity contribution in [2.75, 3.05) is 13.1 Å². The Kier molecular flexibility index (Phi) is 2.78. The average molecular weight is 240 g/mol. The van der Waals surface area contributed by atoms with Gasteiger partial charge in [0, 0.05) is 19.0 Å². The third-order valence-electron chi connectivity index (χ3n) is 3.13. The van der Waals surface area contributed by atoms with Gasteiger partial charge in [-0.05, 0) is 13.3 Å². The minimum absolute atomic E-state index is 0.0779. The number of nitrogens with one attached hydrogen (secondary N) is 2. The summed E-state index contributed by atoms with van der Waals surface area (Å²) in [5.74, 6) is -0.426. The molecule has 4 amide bonds. The maximum atomic E-state index is 11.8. The van der Waals surface area contributed by atoms with Crippen molar-refractivity contribution in [2.24, 2.45) is 5.73 Å².